The molecule has 1 aromatic carbocycles. The first kappa shape index (κ1) is 14.6. The summed E-state index contributed by atoms with van der Waals surface area (Å²) in [6.07, 6.45) is 0. The van der Waals surface area contributed by atoms with E-state index in [-0.39, 0.29) is 5.84 Å². The molecule has 1 aliphatic heterocycles. The third kappa shape index (κ3) is 4.37. The SMILES string of the molecule is N/C(=N/O)c1ccc(OCCNN2CCOCC2)cc1. The monoisotopic (exact) mass is 280 g/mol. The molecular weight excluding hydrogens is 260 g/mol. The predicted molar refractivity (Wildman–Crippen MR) is 74.8 cm³/mol. The van der Waals surface area contributed by atoms with Gasteiger partial charge in [0.05, 0.1) is 13.2 Å². The number of oxime groups is 1. The smallest absolute Gasteiger partial charge is 0.170 e. The van der Waals surface area contributed by atoms with Gasteiger partial charge in [-0.05, 0) is 24.3 Å². The van der Waals surface area contributed by atoms with E-state index in [2.05, 4.69) is 15.6 Å². The van der Waals surface area contributed by atoms with Crippen molar-refractivity contribution in [3.63, 3.8) is 0 Å². The molecule has 0 saturated carbocycles. The minimum atomic E-state index is 0.0885. The van der Waals surface area contributed by atoms with E-state index in [0.29, 0.717) is 12.2 Å². The van der Waals surface area contributed by atoms with E-state index >= 15 is 0 Å². The second-order valence-electron chi connectivity index (χ2n) is 4.37. The fraction of sp³-hybridized carbons (Fsp3) is 0.462. The highest BCUT2D eigenvalue weighted by Gasteiger charge is 2.08. The number of nitrogens with two attached hydrogens (primary N) is 1. The zero-order valence-electron chi connectivity index (χ0n) is 11.3. The quantitative estimate of drug-likeness (QED) is 0.223. The summed E-state index contributed by atoms with van der Waals surface area (Å²) in [5.74, 6) is 0.841. The molecule has 0 bridgehead atoms. The van der Waals surface area contributed by atoms with Gasteiger partial charge >= 0.3 is 0 Å². The number of hydrogen-bond acceptors (Lipinski definition) is 6. The average molecular weight is 280 g/mol. The average Bonchev–Trinajstić information content (AvgIpc) is 2.52. The van der Waals surface area contributed by atoms with Crippen LogP contribution in [0.1, 0.15) is 5.56 Å². The maximum Gasteiger partial charge on any atom is 0.170 e. The number of ether oxygens (including phenoxy) is 2. The van der Waals surface area contributed by atoms with Crippen molar-refractivity contribution < 1.29 is 14.7 Å². The van der Waals surface area contributed by atoms with Crippen LogP contribution in [0.3, 0.4) is 0 Å². The first-order valence-electron chi connectivity index (χ1n) is 6.56. The molecule has 1 aromatic rings. The Balaban J connectivity index is 1.68. The van der Waals surface area contributed by atoms with E-state index < -0.39 is 0 Å². The number of nitrogens with one attached hydrogen (secondary N) is 1. The largest absolute Gasteiger partial charge is 0.492 e. The molecule has 0 aliphatic carbocycles. The molecule has 7 heteroatoms. The third-order valence-corrected chi connectivity index (χ3v) is 2.98. The van der Waals surface area contributed by atoms with Crippen LogP contribution in [-0.4, -0.2) is 55.5 Å². The van der Waals surface area contributed by atoms with E-state index in [9.17, 15) is 0 Å². The molecule has 7 nitrogen and oxygen atoms in total. The molecule has 1 fully saturated rings. The summed E-state index contributed by atoms with van der Waals surface area (Å²) >= 11 is 0. The second kappa shape index (κ2) is 7.68. The van der Waals surface area contributed by atoms with Crippen molar-refractivity contribution in [3.05, 3.63) is 29.8 Å². The molecule has 0 radical (unpaired) electrons. The number of amidine groups is 1. The van der Waals surface area contributed by atoms with Gasteiger partial charge in [-0.2, -0.15) is 0 Å². The van der Waals surface area contributed by atoms with Crippen molar-refractivity contribution in [3.8, 4) is 5.75 Å². The van der Waals surface area contributed by atoms with E-state index in [0.717, 1.165) is 38.6 Å². The lowest BCUT2D eigenvalue weighted by molar-refractivity contribution is 0.0101. The number of morpholine rings is 1. The molecule has 2 rings (SSSR count). The Bertz CT molecular complexity index is 430. The standard InChI is InChI=1S/C13H20N4O3/c14-13(16-18)11-1-3-12(4-2-11)20-8-5-15-17-6-9-19-10-7-17/h1-4,15,18H,5-10H2,(H2,14,16). The Morgan fingerprint density at radius 3 is 2.70 bits per heavy atom. The Morgan fingerprint density at radius 1 is 1.35 bits per heavy atom. The zero-order chi connectivity index (χ0) is 14.2. The Hall–Kier alpha value is -1.83. The molecule has 0 amide bonds. The fourth-order valence-corrected chi connectivity index (χ4v) is 1.87. The molecule has 1 heterocycles. The third-order valence-electron chi connectivity index (χ3n) is 2.98. The lowest BCUT2D eigenvalue weighted by Gasteiger charge is -2.27. The Labute approximate surface area is 117 Å². The fourth-order valence-electron chi connectivity index (χ4n) is 1.87. The van der Waals surface area contributed by atoms with Gasteiger partial charge in [0.2, 0.25) is 0 Å². The van der Waals surface area contributed by atoms with E-state index in [1.54, 1.807) is 24.3 Å². The lowest BCUT2D eigenvalue weighted by atomic mass is 10.2. The van der Waals surface area contributed by atoms with Crippen LogP contribution < -0.4 is 15.9 Å². The van der Waals surface area contributed by atoms with Crippen molar-refractivity contribution in [1.29, 1.82) is 0 Å². The minimum absolute atomic E-state index is 0.0885. The van der Waals surface area contributed by atoms with Crippen LogP contribution in [0, 0.1) is 0 Å². The predicted octanol–water partition coefficient (Wildman–Crippen LogP) is -0.00330. The number of hydrazine groups is 1. The number of benzene rings is 1. The van der Waals surface area contributed by atoms with Gasteiger partial charge in [0, 0.05) is 25.2 Å². The number of hydrogen-bond donors (Lipinski definition) is 3. The summed E-state index contributed by atoms with van der Waals surface area (Å²) in [7, 11) is 0. The minimum Gasteiger partial charge on any atom is -0.492 e. The zero-order valence-corrected chi connectivity index (χ0v) is 11.3. The summed E-state index contributed by atoms with van der Waals surface area (Å²) in [6, 6.07) is 7.09. The van der Waals surface area contributed by atoms with Gasteiger partial charge in [-0.3, -0.25) is 5.43 Å². The summed E-state index contributed by atoms with van der Waals surface area (Å²) < 4.78 is 10.9. The molecule has 0 aromatic heterocycles. The second-order valence-corrected chi connectivity index (χ2v) is 4.37. The van der Waals surface area contributed by atoms with Crippen molar-refractivity contribution >= 4 is 5.84 Å². The van der Waals surface area contributed by atoms with Crippen LogP contribution in [0.4, 0.5) is 0 Å². The molecule has 0 unspecified atom stereocenters. The van der Waals surface area contributed by atoms with Crippen LogP contribution in [0.15, 0.2) is 29.4 Å². The normalized spacial score (nSPS) is 17.1. The molecule has 4 N–H and O–H groups in total. The maximum atomic E-state index is 8.56. The number of nitrogens with zero attached hydrogens (tertiary/aromatic N) is 2. The number of rotatable bonds is 6. The summed E-state index contributed by atoms with van der Waals surface area (Å²) in [5, 5.41) is 13.6. The molecule has 1 saturated heterocycles. The van der Waals surface area contributed by atoms with E-state index in [1.165, 1.54) is 0 Å². The van der Waals surface area contributed by atoms with Crippen LogP contribution in [0.25, 0.3) is 0 Å². The van der Waals surface area contributed by atoms with Crippen LogP contribution >= 0.6 is 0 Å². The highest BCUT2D eigenvalue weighted by atomic mass is 16.5. The van der Waals surface area contributed by atoms with Crippen molar-refractivity contribution in [2.24, 2.45) is 10.9 Å². The Morgan fingerprint density at radius 2 is 2.05 bits per heavy atom. The first-order valence-corrected chi connectivity index (χ1v) is 6.56. The van der Waals surface area contributed by atoms with Crippen LogP contribution in [0.5, 0.6) is 5.75 Å². The van der Waals surface area contributed by atoms with Crippen molar-refractivity contribution in [1.82, 2.24) is 10.4 Å². The lowest BCUT2D eigenvalue weighted by Crippen LogP contribution is -2.46. The van der Waals surface area contributed by atoms with Crippen molar-refractivity contribution in [2.75, 3.05) is 39.5 Å². The summed E-state index contributed by atoms with van der Waals surface area (Å²) in [4.78, 5) is 0. The highest BCUT2D eigenvalue weighted by molar-refractivity contribution is 5.97. The summed E-state index contributed by atoms with van der Waals surface area (Å²) in [5.41, 5.74) is 9.43. The first-order chi connectivity index (χ1) is 9.79. The molecule has 110 valence electrons. The molecule has 1 aliphatic rings. The molecule has 0 atom stereocenters. The maximum absolute atomic E-state index is 8.56. The van der Waals surface area contributed by atoms with Gasteiger partial charge in [-0.15, -0.1) is 0 Å². The van der Waals surface area contributed by atoms with Crippen LogP contribution in [0.2, 0.25) is 0 Å². The van der Waals surface area contributed by atoms with Crippen LogP contribution in [-0.2, 0) is 4.74 Å². The van der Waals surface area contributed by atoms with E-state index in [1.807, 2.05) is 0 Å². The van der Waals surface area contributed by atoms with Gasteiger partial charge in [0.15, 0.2) is 5.84 Å². The molecular formula is C13H20N4O3. The Kier molecular flexibility index (Phi) is 5.60. The summed E-state index contributed by atoms with van der Waals surface area (Å²) in [6.45, 7) is 4.64. The van der Waals surface area contributed by atoms with E-state index in [4.69, 9.17) is 20.4 Å². The van der Waals surface area contributed by atoms with Gasteiger partial charge in [0.1, 0.15) is 12.4 Å². The van der Waals surface area contributed by atoms with Gasteiger partial charge < -0.3 is 20.4 Å². The molecule has 0 spiro atoms. The van der Waals surface area contributed by atoms with Gasteiger partial charge in [-0.25, -0.2) is 5.01 Å². The van der Waals surface area contributed by atoms with Gasteiger partial charge in [-0.1, -0.05) is 5.16 Å². The topological polar surface area (TPSA) is 92.3 Å². The van der Waals surface area contributed by atoms with Crippen molar-refractivity contribution in [2.45, 2.75) is 0 Å². The molecule has 20 heavy (non-hydrogen) atoms. The highest BCUT2D eigenvalue weighted by Crippen LogP contribution is 2.11. The van der Waals surface area contributed by atoms with Gasteiger partial charge in [0.25, 0.3) is 0 Å².